The Morgan fingerprint density at radius 3 is 2.30 bits per heavy atom. The molecule has 0 spiro atoms. The molecule has 0 aromatic heterocycles. The van der Waals surface area contributed by atoms with E-state index in [1.165, 1.54) is 19.8 Å². The van der Waals surface area contributed by atoms with E-state index in [0.29, 0.717) is 6.42 Å². The minimum atomic E-state index is -1.30. The smallest absolute Gasteiger partial charge is 0.325 e. The first-order valence-electron chi connectivity index (χ1n) is 7.84. The van der Waals surface area contributed by atoms with Gasteiger partial charge in [0.05, 0.1) is 20.3 Å². The van der Waals surface area contributed by atoms with Gasteiger partial charge < -0.3 is 14.4 Å². The number of carbonyl (C=O) groups excluding carboxylic acids is 2. The minimum absolute atomic E-state index is 0.136. The lowest BCUT2D eigenvalue weighted by Crippen LogP contribution is -2.56. The van der Waals surface area contributed by atoms with Crippen LogP contribution < -0.4 is 4.90 Å². The molecule has 1 aliphatic carbocycles. The van der Waals surface area contributed by atoms with E-state index in [2.05, 4.69) is 19.9 Å². The second kappa shape index (κ2) is 4.98. The molecule has 23 heavy (non-hydrogen) atoms. The van der Waals surface area contributed by atoms with Gasteiger partial charge in [-0.1, -0.05) is 32.0 Å². The summed E-state index contributed by atoms with van der Waals surface area (Å²) < 4.78 is 10.1. The number of anilines is 1. The van der Waals surface area contributed by atoms with Crippen molar-refractivity contribution in [1.82, 2.24) is 0 Å². The molecule has 124 valence electrons. The van der Waals surface area contributed by atoms with Crippen molar-refractivity contribution >= 4 is 17.6 Å². The van der Waals surface area contributed by atoms with Crippen LogP contribution in [-0.4, -0.2) is 39.2 Å². The van der Waals surface area contributed by atoms with Crippen LogP contribution in [0, 0.1) is 11.3 Å². The Balaban J connectivity index is 2.26. The maximum Gasteiger partial charge on any atom is 0.325 e. The third-order valence-corrected chi connectivity index (χ3v) is 6.04. The maximum absolute atomic E-state index is 12.7. The number of benzene rings is 1. The summed E-state index contributed by atoms with van der Waals surface area (Å²) in [6.07, 6.45) is 0.423. The topological polar surface area (TPSA) is 55.8 Å². The zero-order valence-corrected chi connectivity index (χ0v) is 14.3. The molecule has 1 heterocycles. The number of hydrogen-bond donors (Lipinski definition) is 0. The Bertz CT molecular complexity index is 655. The van der Waals surface area contributed by atoms with Gasteiger partial charge in [0.25, 0.3) is 0 Å². The van der Waals surface area contributed by atoms with E-state index in [1.54, 1.807) is 0 Å². The monoisotopic (exact) mass is 317 g/mol. The second-order valence-corrected chi connectivity index (χ2v) is 6.87. The summed E-state index contributed by atoms with van der Waals surface area (Å²) in [5, 5.41) is 0. The molecule has 0 amide bonds. The molecule has 0 unspecified atom stereocenters. The van der Waals surface area contributed by atoms with Crippen molar-refractivity contribution in [2.45, 2.75) is 31.7 Å². The van der Waals surface area contributed by atoms with Gasteiger partial charge in [0.1, 0.15) is 0 Å². The average Bonchev–Trinajstić information content (AvgIpc) is 2.95. The quantitative estimate of drug-likeness (QED) is 0.618. The van der Waals surface area contributed by atoms with Crippen molar-refractivity contribution in [1.29, 1.82) is 0 Å². The van der Waals surface area contributed by atoms with Gasteiger partial charge in [-0.25, -0.2) is 0 Å². The van der Waals surface area contributed by atoms with Gasteiger partial charge in [-0.2, -0.15) is 0 Å². The number of ether oxygens (including phenoxy) is 2. The molecule has 0 bridgehead atoms. The van der Waals surface area contributed by atoms with E-state index in [9.17, 15) is 9.59 Å². The van der Waals surface area contributed by atoms with Crippen LogP contribution >= 0.6 is 0 Å². The van der Waals surface area contributed by atoms with E-state index in [1.807, 2.05) is 30.1 Å². The lowest BCUT2D eigenvalue weighted by molar-refractivity contribution is -0.170. The van der Waals surface area contributed by atoms with Crippen LogP contribution in [0.15, 0.2) is 24.3 Å². The molecular weight excluding hydrogens is 294 g/mol. The summed E-state index contributed by atoms with van der Waals surface area (Å²) in [4.78, 5) is 27.5. The fourth-order valence-corrected chi connectivity index (χ4v) is 4.95. The van der Waals surface area contributed by atoms with E-state index < -0.39 is 17.4 Å². The standard InChI is InChI=1S/C18H23NO4/c1-11-10-18(15(20)22-4,16(21)23-5)14-17(11,2)12-8-6-7-9-13(12)19(14)3/h6-9,11,14H,10H2,1-5H3/t11-,14-,17+/m1/s1. The Labute approximate surface area is 136 Å². The third kappa shape index (κ3) is 1.68. The van der Waals surface area contributed by atoms with Gasteiger partial charge in [0, 0.05) is 18.2 Å². The molecule has 1 fully saturated rings. The highest BCUT2D eigenvalue weighted by molar-refractivity contribution is 6.03. The van der Waals surface area contributed by atoms with E-state index in [-0.39, 0.29) is 17.4 Å². The normalized spacial score (nSPS) is 30.6. The fourth-order valence-electron chi connectivity index (χ4n) is 4.95. The summed E-state index contributed by atoms with van der Waals surface area (Å²) in [5.41, 5.74) is 0.623. The minimum Gasteiger partial charge on any atom is -0.468 e. The fraction of sp³-hybridized carbons (Fsp3) is 0.556. The summed E-state index contributed by atoms with van der Waals surface area (Å²) in [7, 11) is 4.60. The molecule has 1 saturated carbocycles. The number of para-hydroxylation sites is 1. The Kier molecular flexibility index (Phi) is 3.43. The van der Waals surface area contributed by atoms with Gasteiger partial charge >= 0.3 is 11.9 Å². The van der Waals surface area contributed by atoms with Crippen molar-refractivity contribution in [3.05, 3.63) is 29.8 Å². The number of likely N-dealkylation sites (N-methyl/N-ethyl adjacent to an activating group) is 1. The van der Waals surface area contributed by atoms with Crippen LogP contribution in [0.3, 0.4) is 0 Å². The van der Waals surface area contributed by atoms with E-state index in [4.69, 9.17) is 9.47 Å². The Morgan fingerprint density at radius 2 is 1.74 bits per heavy atom. The molecule has 1 aromatic rings. The average molecular weight is 317 g/mol. The molecule has 5 heteroatoms. The predicted octanol–water partition coefficient (Wildman–Crippen LogP) is 2.13. The number of carbonyl (C=O) groups is 2. The van der Waals surface area contributed by atoms with Crippen LogP contribution in [-0.2, 0) is 24.5 Å². The lowest BCUT2D eigenvalue weighted by Gasteiger charge is -2.38. The van der Waals surface area contributed by atoms with Crippen LogP contribution in [0.1, 0.15) is 25.8 Å². The summed E-state index contributed by atoms with van der Waals surface area (Å²) >= 11 is 0. The van der Waals surface area contributed by atoms with Gasteiger partial charge in [-0.15, -0.1) is 0 Å². The molecule has 1 aliphatic heterocycles. The van der Waals surface area contributed by atoms with E-state index >= 15 is 0 Å². The number of esters is 2. The number of methoxy groups -OCH3 is 2. The highest BCUT2D eigenvalue weighted by Gasteiger charge is 2.71. The number of fused-ring (bicyclic) bond motifs is 3. The molecule has 5 nitrogen and oxygen atoms in total. The Hall–Kier alpha value is -2.04. The molecule has 2 aliphatic rings. The second-order valence-electron chi connectivity index (χ2n) is 6.87. The van der Waals surface area contributed by atoms with Crippen molar-refractivity contribution < 1.29 is 19.1 Å². The van der Waals surface area contributed by atoms with Crippen molar-refractivity contribution in [3.63, 3.8) is 0 Å². The van der Waals surface area contributed by atoms with Crippen LogP contribution in [0.5, 0.6) is 0 Å². The zero-order chi connectivity index (χ0) is 17.0. The van der Waals surface area contributed by atoms with Gasteiger partial charge in [-0.3, -0.25) is 9.59 Å². The summed E-state index contributed by atoms with van der Waals surface area (Å²) in [6, 6.07) is 7.78. The van der Waals surface area contributed by atoms with Crippen LogP contribution in [0.25, 0.3) is 0 Å². The van der Waals surface area contributed by atoms with Crippen molar-refractivity contribution in [2.24, 2.45) is 11.3 Å². The number of rotatable bonds is 2. The molecule has 1 aromatic carbocycles. The van der Waals surface area contributed by atoms with Gasteiger partial charge in [0.15, 0.2) is 5.41 Å². The lowest BCUT2D eigenvalue weighted by atomic mass is 9.71. The third-order valence-electron chi connectivity index (χ3n) is 6.04. The van der Waals surface area contributed by atoms with Gasteiger partial charge in [-0.05, 0) is 24.0 Å². The van der Waals surface area contributed by atoms with Crippen molar-refractivity contribution in [3.8, 4) is 0 Å². The highest BCUT2D eigenvalue weighted by atomic mass is 16.5. The van der Waals surface area contributed by atoms with Gasteiger partial charge in [0.2, 0.25) is 0 Å². The first-order chi connectivity index (χ1) is 10.9. The molecule has 0 radical (unpaired) electrons. The highest BCUT2D eigenvalue weighted by Crippen LogP contribution is 2.62. The Morgan fingerprint density at radius 1 is 1.17 bits per heavy atom. The molecular formula is C18H23NO4. The first-order valence-corrected chi connectivity index (χ1v) is 7.84. The predicted molar refractivity (Wildman–Crippen MR) is 86.2 cm³/mol. The van der Waals surface area contributed by atoms with Crippen molar-refractivity contribution in [2.75, 3.05) is 26.2 Å². The first kappa shape index (κ1) is 15.8. The number of hydrogen-bond acceptors (Lipinski definition) is 5. The molecule has 0 N–H and O–H groups in total. The molecule has 3 rings (SSSR count). The van der Waals surface area contributed by atoms with Crippen LogP contribution in [0.2, 0.25) is 0 Å². The number of nitrogens with zero attached hydrogens (tertiary/aromatic N) is 1. The SMILES string of the molecule is COC(=O)C1(C(=O)OC)C[C@@H](C)[C@@]2(C)c3ccccc3N(C)[C@@H]12. The van der Waals surface area contributed by atoms with E-state index in [0.717, 1.165) is 5.69 Å². The molecule has 3 atom stereocenters. The molecule has 0 saturated heterocycles. The maximum atomic E-state index is 12.7. The van der Waals surface area contributed by atoms with Crippen LogP contribution in [0.4, 0.5) is 5.69 Å². The summed E-state index contributed by atoms with van der Waals surface area (Å²) in [5.74, 6) is -0.883. The zero-order valence-electron chi connectivity index (χ0n) is 14.3. The summed E-state index contributed by atoms with van der Waals surface area (Å²) in [6.45, 7) is 4.23. The largest absolute Gasteiger partial charge is 0.468 e.